The molecular weight excluding hydrogens is 274 g/mol. The maximum Gasteiger partial charge on any atom is 0.137 e. The zero-order valence-corrected chi connectivity index (χ0v) is 11.0. The average Bonchev–Trinajstić information content (AvgIpc) is 3.15. The topological polar surface area (TPSA) is 17.8 Å². The molecule has 0 N–H and O–H groups in total. The summed E-state index contributed by atoms with van der Waals surface area (Å²) < 4.78 is 14.5. The van der Waals surface area contributed by atoms with Gasteiger partial charge in [0.1, 0.15) is 11.0 Å². The van der Waals surface area contributed by atoms with Crippen molar-refractivity contribution in [1.29, 1.82) is 0 Å². The van der Waals surface area contributed by atoms with E-state index >= 15 is 0 Å². The maximum absolute atomic E-state index is 12.9. The molecule has 5 heteroatoms. The molecule has 1 aromatic heterocycles. The van der Waals surface area contributed by atoms with Gasteiger partial charge in [-0.3, -0.25) is 0 Å². The molecule has 0 saturated heterocycles. The zero-order chi connectivity index (χ0) is 12.7. The molecule has 0 radical (unpaired) electrons. The lowest BCUT2D eigenvalue weighted by atomic mass is 10.2. The third-order valence-corrected chi connectivity index (χ3v) is 3.78. The van der Waals surface area contributed by atoms with E-state index in [1.54, 1.807) is 16.8 Å². The van der Waals surface area contributed by atoms with E-state index in [0.29, 0.717) is 17.0 Å². The molecule has 2 nitrogen and oxygen atoms in total. The van der Waals surface area contributed by atoms with E-state index in [4.69, 9.17) is 23.2 Å². The van der Waals surface area contributed by atoms with Crippen molar-refractivity contribution in [2.45, 2.75) is 24.6 Å². The summed E-state index contributed by atoms with van der Waals surface area (Å²) in [5.41, 5.74) is 2.63. The molecule has 3 rings (SSSR count). The van der Waals surface area contributed by atoms with Crippen LogP contribution in [0.15, 0.2) is 24.3 Å². The van der Waals surface area contributed by atoms with E-state index in [0.717, 1.165) is 29.8 Å². The van der Waals surface area contributed by atoms with Crippen LogP contribution in [0.25, 0.3) is 5.69 Å². The van der Waals surface area contributed by atoms with Gasteiger partial charge in [-0.2, -0.15) is 5.10 Å². The lowest BCUT2D eigenvalue weighted by Gasteiger charge is -2.02. The van der Waals surface area contributed by atoms with Crippen LogP contribution in [0.4, 0.5) is 4.39 Å². The summed E-state index contributed by atoms with van der Waals surface area (Å²) in [7, 11) is 0. The molecule has 1 saturated carbocycles. The molecule has 1 fully saturated rings. The third kappa shape index (κ3) is 2.02. The number of hydrogen-bond donors (Lipinski definition) is 0. The number of aromatic nitrogens is 2. The van der Waals surface area contributed by atoms with Crippen molar-refractivity contribution in [2.24, 2.45) is 0 Å². The molecule has 0 bridgehead atoms. The Balaban J connectivity index is 2.08. The first-order valence-electron chi connectivity index (χ1n) is 5.80. The zero-order valence-electron chi connectivity index (χ0n) is 9.54. The highest BCUT2D eigenvalue weighted by Gasteiger charge is 2.31. The van der Waals surface area contributed by atoms with Crippen molar-refractivity contribution in [2.75, 3.05) is 0 Å². The second-order valence-electron chi connectivity index (χ2n) is 4.45. The van der Waals surface area contributed by atoms with Gasteiger partial charge in [0.2, 0.25) is 0 Å². The van der Waals surface area contributed by atoms with Gasteiger partial charge in [0.05, 0.1) is 17.3 Å². The Labute approximate surface area is 114 Å². The number of alkyl halides is 1. The molecule has 18 heavy (non-hydrogen) atoms. The fraction of sp³-hybridized carbons (Fsp3) is 0.308. The van der Waals surface area contributed by atoms with Crippen LogP contribution in [0.2, 0.25) is 5.15 Å². The van der Waals surface area contributed by atoms with Crippen molar-refractivity contribution in [1.82, 2.24) is 9.78 Å². The van der Waals surface area contributed by atoms with Gasteiger partial charge < -0.3 is 0 Å². The van der Waals surface area contributed by atoms with Gasteiger partial charge in [-0.15, -0.1) is 11.6 Å². The van der Waals surface area contributed by atoms with E-state index in [1.807, 2.05) is 0 Å². The molecular formula is C13H11Cl2FN2. The van der Waals surface area contributed by atoms with Gasteiger partial charge in [0, 0.05) is 11.5 Å². The van der Waals surface area contributed by atoms with Crippen LogP contribution in [0, 0.1) is 5.82 Å². The van der Waals surface area contributed by atoms with Gasteiger partial charge in [0.25, 0.3) is 0 Å². The van der Waals surface area contributed by atoms with E-state index in [1.165, 1.54) is 12.1 Å². The number of halogens is 3. The van der Waals surface area contributed by atoms with E-state index in [2.05, 4.69) is 5.10 Å². The first-order chi connectivity index (χ1) is 8.70. The second kappa shape index (κ2) is 4.56. The van der Waals surface area contributed by atoms with Crippen LogP contribution in [-0.4, -0.2) is 9.78 Å². The third-order valence-electron chi connectivity index (χ3n) is 3.12. The number of benzene rings is 1. The summed E-state index contributed by atoms with van der Waals surface area (Å²) in [6, 6.07) is 6.10. The lowest BCUT2D eigenvalue weighted by Crippen LogP contribution is -1.97. The Kier molecular flexibility index (Phi) is 3.04. The fourth-order valence-electron chi connectivity index (χ4n) is 2.01. The van der Waals surface area contributed by atoms with Crippen LogP contribution in [0.5, 0.6) is 0 Å². The highest BCUT2D eigenvalue weighted by Crippen LogP contribution is 2.43. The molecule has 94 valence electrons. The number of hydrogen-bond acceptors (Lipinski definition) is 1. The van der Waals surface area contributed by atoms with Crippen molar-refractivity contribution in [3.05, 3.63) is 46.5 Å². The molecule has 0 aliphatic heterocycles. The largest absolute Gasteiger partial charge is 0.222 e. The van der Waals surface area contributed by atoms with Gasteiger partial charge in [-0.05, 0) is 37.1 Å². The van der Waals surface area contributed by atoms with Gasteiger partial charge in [-0.25, -0.2) is 9.07 Å². The van der Waals surface area contributed by atoms with Crippen LogP contribution in [-0.2, 0) is 5.88 Å². The minimum atomic E-state index is -0.276. The second-order valence-corrected chi connectivity index (χ2v) is 5.08. The Hall–Kier alpha value is -1.06. The predicted molar refractivity (Wildman–Crippen MR) is 70.1 cm³/mol. The molecule has 2 aromatic rings. The summed E-state index contributed by atoms with van der Waals surface area (Å²) in [5.74, 6) is 0.561. The first kappa shape index (κ1) is 12.0. The molecule has 1 aliphatic rings. The molecule has 1 heterocycles. The van der Waals surface area contributed by atoms with Crippen LogP contribution < -0.4 is 0 Å². The molecule has 0 amide bonds. The summed E-state index contributed by atoms with van der Waals surface area (Å²) in [5, 5.41) is 5.05. The minimum Gasteiger partial charge on any atom is -0.222 e. The number of rotatable bonds is 3. The monoisotopic (exact) mass is 284 g/mol. The smallest absolute Gasteiger partial charge is 0.137 e. The fourth-order valence-corrected chi connectivity index (χ4v) is 2.64. The summed E-state index contributed by atoms with van der Waals surface area (Å²) in [6.07, 6.45) is 2.28. The normalized spacial score (nSPS) is 15.1. The van der Waals surface area contributed by atoms with Gasteiger partial charge in [-0.1, -0.05) is 11.6 Å². The Bertz CT molecular complexity index is 573. The molecule has 0 spiro atoms. The van der Waals surface area contributed by atoms with Crippen LogP contribution >= 0.6 is 23.2 Å². The molecule has 1 aliphatic carbocycles. The van der Waals surface area contributed by atoms with Crippen molar-refractivity contribution in [3.63, 3.8) is 0 Å². The first-order valence-corrected chi connectivity index (χ1v) is 6.71. The summed E-state index contributed by atoms with van der Waals surface area (Å²) >= 11 is 12.2. The lowest BCUT2D eigenvalue weighted by molar-refractivity contribution is 0.627. The van der Waals surface area contributed by atoms with Crippen molar-refractivity contribution < 1.29 is 4.39 Å². The van der Waals surface area contributed by atoms with Crippen LogP contribution in [0.3, 0.4) is 0 Å². The Morgan fingerprint density at radius 2 is 1.94 bits per heavy atom. The molecule has 1 aromatic carbocycles. The summed E-state index contributed by atoms with van der Waals surface area (Å²) in [6.45, 7) is 0. The van der Waals surface area contributed by atoms with Crippen molar-refractivity contribution in [3.8, 4) is 5.69 Å². The van der Waals surface area contributed by atoms with E-state index < -0.39 is 0 Å². The molecule has 0 unspecified atom stereocenters. The summed E-state index contributed by atoms with van der Waals surface area (Å²) in [4.78, 5) is 0. The average molecular weight is 285 g/mol. The predicted octanol–water partition coefficient (Wildman–Crippen LogP) is 4.28. The highest BCUT2D eigenvalue weighted by atomic mass is 35.5. The van der Waals surface area contributed by atoms with E-state index in [-0.39, 0.29) is 5.82 Å². The van der Waals surface area contributed by atoms with Gasteiger partial charge in [0.15, 0.2) is 0 Å². The minimum absolute atomic E-state index is 0.276. The van der Waals surface area contributed by atoms with Gasteiger partial charge >= 0.3 is 0 Å². The van der Waals surface area contributed by atoms with Crippen molar-refractivity contribution >= 4 is 23.2 Å². The Morgan fingerprint density at radius 1 is 1.28 bits per heavy atom. The standard InChI is InChI=1S/C13H11Cl2FN2/c14-7-11-12(8-1-2-8)17-18(13(11)15)10-5-3-9(16)4-6-10/h3-6,8H,1-2,7H2. The molecule has 0 atom stereocenters. The Morgan fingerprint density at radius 3 is 2.50 bits per heavy atom. The quantitative estimate of drug-likeness (QED) is 0.769. The maximum atomic E-state index is 12.9. The highest BCUT2D eigenvalue weighted by molar-refractivity contribution is 6.31. The number of nitrogens with zero attached hydrogens (tertiary/aromatic N) is 2. The van der Waals surface area contributed by atoms with Crippen LogP contribution in [0.1, 0.15) is 30.0 Å². The van der Waals surface area contributed by atoms with E-state index in [9.17, 15) is 4.39 Å². The SMILES string of the molecule is Fc1ccc(-n2nc(C3CC3)c(CCl)c2Cl)cc1.